The first kappa shape index (κ1) is 18.6. The average Bonchev–Trinajstić information content (AvgIpc) is 2.61. The second-order valence-electron chi connectivity index (χ2n) is 5.19. The Bertz CT molecular complexity index is 820. The molecular formula is C17H18N2O5S. The van der Waals surface area contributed by atoms with E-state index in [0.29, 0.717) is 6.41 Å². The Hall–Kier alpha value is -2.71. The molecule has 0 aliphatic carbocycles. The SMILES string of the molecule is O=CNCCN(CC(=O)O)S(=O)(=O)c1ccc(-c2ccccc2)cc1. The molecule has 132 valence electrons. The predicted octanol–water partition coefficient (Wildman–Crippen LogP) is 1.17. The van der Waals surface area contributed by atoms with Crippen LogP contribution in [0.3, 0.4) is 0 Å². The van der Waals surface area contributed by atoms with Crippen LogP contribution >= 0.6 is 0 Å². The van der Waals surface area contributed by atoms with E-state index >= 15 is 0 Å². The minimum absolute atomic E-state index is 0.000431. The number of amides is 1. The van der Waals surface area contributed by atoms with Crippen molar-refractivity contribution in [2.24, 2.45) is 0 Å². The molecule has 2 rings (SSSR count). The molecule has 0 fully saturated rings. The first-order valence-electron chi connectivity index (χ1n) is 7.49. The minimum Gasteiger partial charge on any atom is -0.480 e. The summed E-state index contributed by atoms with van der Waals surface area (Å²) in [5, 5.41) is 11.3. The summed E-state index contributed by atoms with van der Waals surface area (Å²) in [5.41, 5.74) is 1.80. The van der Waals surface area contributed by atoms with Crippen LogP contribution in [-0.2, 0) is 19.6 Å². The van der Waals surface area contributed by atoms with E-state index in [0.717, 1.165) is 15.4 Å². The summed E-state index contributed by atoms with van der Waals surface area (Å²) >= 11 is 0. The van der Waals surface area contributed by atoms with Gasteiger partial charge in [-0.05, 0) is 23.3 Å². The van der Waals surface area contributed by atoms with Gasteiger partial charge in [-0.3, -0.25) is 9.59 Å². The molecule has 0 unspecified atom stereocenters. The fraction of sp³-hybridized carbons (Fsp3) is 0.176. The molecule has 0 spiro atoms. The second-order valence-corrected chi connectivity index (χ2v) is 7.13. The third-order valence-electron chi connectivity index (χ3n) is 3.50. The highest BCUT2D eigenvalue weighted by Gasteiger charge is 2.26. The van der Waals surface area contributed by atoms with E-state index in [4.69, 9.17) is 5.11 Å². The standard InChI is InChI=1S/C17H18N2O5S/c20-13-18-10-11-19(12-17(21)22)25(23,24)16-8-6-15(7-9-16)14-4-2-1-3-5-14/h1-9,13H,10-12H2,(H,18,20)(H,21,22). The summed E-state index contributed by atoms with van der Waals surface area (Å²) in [4.78, 5) is 21.3. The Labute approximate surface area is 146 Å². The number of carbonyl (C=O) groups is 2. The third kappa shape index (κ3) is 4.88. The molecule has 2 aromatic carbocycles. The van der Waals surface area contributed by atoms with Crippen LogP contribution in [0.1, 0.15) is 0 Å². The Kier molecular flexibility index (Phi) is 6.26. The zero-order valence-electron chi connectivity index (χ0n) is 13.3. The molecular weight excluding hydrogens is 344 g/mol. The monoisotopic (exact) mass is 362 g/mol. The molecule has 1 amide bonds. The van der Waals surface area contributed by atoms with Gasteiger partial charge < -0.3 is 10.4 Å². The van der Waals surface area contributed by atoms with E-state index in [1.165, 1.54) is 12.1 Å². The number of nitrogens with zero attached hydrogens (tertiary/aromatic N) is 1. The zero-order valence-corrected chi connectivity index (χ0v) is 14.1. The third-order valence-corrected chi connectivity index (χ3v) is 5.36. The maximum atomic E-state index is 12.7. The molecule has 0 bridgehead atoms. The molecule has 0 heterocycles. The summed E-state index contributed by atoms with van der Waals surface area (Å²) < 4.78 is 26.1. The summed E-state index contributed by atoms with van der Waals surface area (Å²) in [6.07, 6.45) is 0.431. The van der Waals surface area contributed by atoms with Crippen LogP contribution in [0.5, 0.6) is 0 Å². The number of carboxylic acid groups (broad SMARTS) is 1. The van der Waals surface area contributed by atoms with Gasteiger partial charge >= 0.3 is 5.97 Å². The molecule has 8 heteroatoms. The smallest absolute Gasteiger partial charge is 0.318 e. The normalized spacial score (nSPS) is 11.2. The van der Waals surface area contributed by atoms with Gasteiger partial charge in [0.2, 0.25) is 16.4 Å². The molecule has 7 nitrogen and oxygen atoms in total. The lowest BCUT2D eigenvalue weighted by Crippen LogP contribution is -2.40. The maximum absolute atomic E-state index is 12.7. The van der Waals surface area contributed by atoms with Crippen molar-refractivity contribution in [2.75, 3.05) is 19.6 Å². The minimum atomic E-state index is -3.98. The molecule has 0 atom stereocenters. The number of hydrogen-bond acceptors (Lipinski definition) is 4. The zero-order chi connectivity index (χ0) is 18.3. The van der Waals surface area contributed by atoms with Crippen LogP contribution in [0.2, 0.25) is 0 Å². The first-order chi connectivity index (χ1) is 11.9. The number of carbonyl (C=O) groups excluding carboxylic acids is 1. The van der Waals surface area contributed by atoms with Crippen LogP contribution in [0.4, 0.5) is 0 Å². The lowest BCUT2D eigenvalue weighted by molar-refractivity contribution is -0.137. The van der Waals surface area contributed by atoms with Gasteiger partial charge in [0.1, 0.15) is 6.54 Å². The van der Waals surface area contributed by atoms with Crippen molar-refractivity contribution >= 4 is 22.4 Å². The molecule has 0 aliphatic heterocycles. The largest absolute Gasteiger partial charge is 0.480 e. The first-order valence-corrected chi connectivity index (χ1v) is 8.93. The second kappa shape index (κ2) is 8.41. The number of aliphatic carboxylic acids is 1. The summed E-state index contributed by atoms with van der Waals surface area (Å²) in [5.74, 6) is -1.27. The number of benzene rings is 2. The van der Waals surface area contributed by atoms with Gasteiger partial charge in [0.05, 0.1) is 4.90 Å². The molecule has 0 radical (unpaired) electrons. The lowest BCUT2D eigenvalue weighted by Gasteiger charge is -2.20. The van der Waals surface area contributed by atoms with Gasteiger partial charge in [0, 0.05) is 13.1 Å². The van der Waals surface area contributed by atoms with Gasteiger partial charge in [-0.15, -0.1) is 0 Å². The summed E-state index contributed by atoms with van der Waals surface area (Å²) in [7, 11) is -3.98. The Morgan fingerprint density at radius 2 is 1.64 bits per heavy atom. The van der Waals surface area contributed by atoms with Crippen molar-refractivity contribution in [1.29, 1.82) is 0 Å². The van der Waals surface area contributed by atoms with E-state index in [-0.39, 0.29) is 18.0 Å². The van der Waals surface area contributed by atoms with Crippen LogP contribution in [0, 0.1) is 0 Å². The maximum Gasteiger partial charge on any atom is 0.318 e. The average molecular weight is 362 g/mol. The van der Waals surface area contributed by atoms with Gasteiger partial charge in [0.25, 0.3) is 0 Å². The Balaban J connectivity index is 2.26. The van der Waals surface area contributed by atoms with Crippen molar-refractivity contribution in [2.45, 2.75) is 4.90 Å². The Morgan fingerprint density at radius 1 is 1.04 bits per heavy atom. The Morgan fingerprint density at radius 3 is 2.20 bits per heavy atom. The molecule has 25 heavy (non-hydrogen) atoms. The van der Waals surface area contributed by atoms with Crippen LogP contribution in [0.25, 0.3) is 11.1 Å². The summed E-state index contributed by atoms with van der Waals surface area (Å²) in [6.45, 7) is -0.783. The number of hydrogen-bond donors (Lipinski definition) is 2. The molecule has 0 saturated carbocycles. The molecule has 0 aliphatic rings. The van der Waals surface area contributed by atoms with Crippen molar-refractivity contribution in [3.63, 3.8) is 0 Å². The number of carboxylic acids is 1. The van der Waals surface area contributed by atoms with Gasteiger partial charge in [0.15, 0.2) is 0 Å². The quantitative estimate of drug-likeness (QED) is 0.515. The fourth-order valence-electron chi connectivity index (χ4n) is 2.28. The molecule has 0 aromatic heterocycles. The van der Waals surface area contributed by atoms with Crippen LogP contribution in [-0.4, -0.2) is 49.8 Å². The van der Waals surface area contributed by atoms with Crippen LogP contribution in [0.15, 0.2) is 59.5 Å². The van der Waals surface area contributed by atoms with E-state index in [1.54, 1.807) is 12.1 Å². The van der Waals surface area contributed by atoms with Gasteiger partial charge in [-0.25, -0.2) is 8.42 Å². The summed E-state index contributed by atoms with van der Waals surface area (Å²) in [6, 6.07) is 15.7. The lowest BCUT2D eigenvalue weighted by atomic mass is 10.1. The number of nitrogens with one attached hydrogen (secondary N) is 1. The van der Waals surface area contributed by atoms with E-state index in [1.807, 2.05) is 30.3 Å². The van der Waals surface area contributed by atoms with E-state index < -0.39 is 22.5 Å². The molecule has 0 saturated heterocycles. The van der Waals surface area contributed by atoms with E-state index in [9.17, 15) is 18.0 Å². The van der Waals surface area contributed by atoms with Gasteiger partial charge in [-0.1, -0.05) is 42.5 Å². The highest BCUT2D eigenvalue weighted by Crippen LogP contribution is 2.22. The highest BCUT2D eigenvalue weighted by atomic mass is 32.2. The van der Waals surface area contributed by atoms with Crippen molar-refractivity contribution in [3.8, 4) is 11.1 Å². The molecule has 2 N–H and O–H groups in total. The predicted molar refractivity (Wildman–Crippen MR) is 92.3 cm³/mol. The fourth-order valence-corrected chi connectivity index (χ4v) is 3.67. The van der Waals surface area contributed by atoms with E-state index in [2.05, 4.69) is 5.32 Å². The van der Waals surface area contributed by atoms with Crippen molar-refractivity contribution in [3.05, 3.63) is 54.6 Å². The van der Waals surface area contributed by atoms with Crippen LogP contribution < -0.4 is 5.32 Å². The number of rotatable bonds is 9. The topological polar surface area (TPSA) is 104 Å². The highest BCUT2D eigenvalue weighted by molar-refractivity contribution is 7.89. The number of sulfonamides is 1. The molecule has 2 aromatic rings. The van der Waals surface area contributed by atoms with Gasteiger partial charge in [-0.2, -0.15) is 4.31 Å². The van der Waals surface area contributed by atoms with Crippen molar-refractivity contribution in [1.82, 2.24) is 9.62 Å². The van der Waals surface area contributed by atoms with Crippen molar-refractivity contribution < 1.29 is 23.1 Å².